The Balaban J connectivity index is 4.52. The molecule has 0 aliphatic heterocycles. The first-order valence-corrected chi connectivity index (χ1v) is 21.7. The second-order valence-corrected chi connectivity index (χ2v) is 16.1. The summed E-state index contributed by atoms with van der Waals surface area (Å²) in [6, 6.07) is 0. The van der Waals surface area contributed by atoms with Crippen molar-refractivity contribution in [3.63, 3.8) is 0 Å². The largest absolute Gasteiger partial charge is 0.472 e. The minimum absolute atomic E-state index is 0.0201. The van der Waals surface area contributed by atoms with Crippen molar-refractivity contribution in [2.75, 3.05) is 47.5 Å². The van der Waals surface area contributed by atoms with Crippen LogP contribution in [0.1, 0.15) is 162 Å². The number of unbranched alkanes of at least 4 members (excludes halogenated alkanes) is 16. The van der Waals surface area contributed by atoms with E-state index in [1.54, 1.807) is 0 Å². The minimum atomic E-state index is -4.38. The van der Waals surface area contributed by atoms with E-state index in [0.29, 0.717) is 23.9 Å². The van der Waals surface area contributed by atoms with Crippen molar-refractivity contribution in [3.05, 3.63) is 36.5 Å². The van der Waals surface area contributed by atoms with Gasteiger partial charge in [-0.2, -0.15) is 0 Å². The first kappa shape index (κ1) is 49.2. The van der Waals surface area contributed by atoms with Crippen LogP contribution in [0.25, 0.3) is 0 Å². The number of quaternary nitrogens is 1. The topological polar surface area (TPSA) is 108 Å². The summed E-state index contributed by atoms with van der Waals surface area (Å²) in [5.41, 5.74) is 0. The Morgan fingerprint density at radius 1 is 0.608 bits per heavy atom. The number of allylic oxidation sites excluding steroid dienone is 6. The van der Waals surface area contributed by atoms with Crippen LogP contribution < -0.4 is 0 Å². The van der Waals surface area contributed by atoms with Crippen LogP contribution in [0.3, 0.4) is 0 Å². The monoisotopic (exact) mass is 743 g/mol. The Labute approximate surface area is 312 Å². The van der Waals surface area contributed by atoms with Gasteiger partial charge in [0, 0.05) is 12.8 Å². The smallest absolute Gasteiger partial charge is 0.462 e. The molecule has 0 fully saturated rings. The van der Waals surface area contributed by atoms with Crippen molar-refractivity contribution in [1.82, 2.24) is 0 Å². The molecule has 0 aromatic rings. The van der Waals surface area contributed by atoms with Crippen LogP contribution in [0, 0.1) is 0 Å². The van der Waals surface area contributed by atoms with E-state index in [1.165, 1.54) is 83.5 Å². The lowest BCUT2D eigenvalue weighted by Gasteiger charge is -2.24. The number of rotatable bonds is 36. The highest BCUT2D eigenvalue weighted by molar-refractivity contribution is 7.47. The van der Waals surface area contributed by atoms with Gasteiger partial charge in [0.15, 0.2) is 6.10 Å². The second-order valence-electron chi connectivity index (χ2n) is 14.7. The average Bonchev–Trinajstić information content (AvgIpc) is 3.07. The average molecular weight is 743 g/mol. The molecule has 0 rings (SSSR count). The molecule has 0 saturated carbocycles. The molecule has 0 aromatic heterocycles. The summed E-state index contributed by atoms with van der Waals surface area (Å²) in [7, 11) is 1.43. The first-order valence-electron chi connectivity index (χ1n) is 20.2. The van der Waals surface area contributed by atoms with E-state index in [9.17, 15) is 19.0 Å². The fourth-order valence-electron chi connectivity index (χ4n) is 5.18. The summed E-state index contributed by atoms with van der Waals surface area (Å²) in [4.78, 5) is 35.2. The molecule has 1 N–H and O–H groups in total. The highest BCUT2D eigenvalue weighted by atomic mass is 31.2. The van der Waals surface area contributed by atoms with E-state index in [1.807, 2.05) is 33.3 Å². The van der Waals surface area contributed by atoms with Crippen LogP contribution in [0.2, 0.25) is 0 Å². The van der Waals surface area contributed by atoms with E-state index >= 15 is 0 Å². The molecule has 0 saturated heterocycles. The lowest BCUT2D eigenvalue weighted by Crippen LogP contribution is -2.37. The lowest BCUT2D eigenvalue weighted by molar-refractivity contribution is -0.870. The molecule has 10 heteroatoms. The normalized spacial score (nSPS) is 14.1. The third-order valence-electron chi connectivity index (χ3n) is 8.41. The van der Waals surface area contributed by atoms with Crippen LogP contribution >= 0.6 is 7.82 Å². The first-order chi connectivity index (χ1) is 24.5. The highest BCUT2D eigenvalue weighted by Gasteiger charge is 2.27. The molecule has 298 valence electrons. The zero-order chi connectivity index (χ0) is 37.9. The Kier molecular flexibility index (Phi) is 32.8. The fraction of sp³-hybridized carbons (Fsp3) is 0.805. The maximum Gasteiger partial charge on any atom is 0.472 e. The number of hydrogen-bond donors (Lipinski definition) is 1. The van der Waals surface area contributed by atoms with Gasteiger partial charge < -0.3 is 18.9 Å². The molecule has 51 heavy (non-hydrogen) atoms. The highest BCUT2D eigenvalue weighted by Crippen LogP contribution is 2.43. The lowest BCUT2D eigenvalue weighted by atomic mass is 10.1. The molecular formula is C41H77NO8P+. The zero-order valence-corrected chi connectivity index (χ0v) is 34.2. The van der Waals surface area contributed by atoms with Crippen LogP contribution in [0.15, 0.2) is 36.5 Å². The van der Waals surface area contributed by atoms with Crippen LogP contribution in [0.4, 0.5) is 0 Å². The number of hydrogen-bond acceptors (Lipinski definition) is 7. The van der Waals surface area contributed by atoms with Gasteiger partial charge in [-0.05, 0) is 57.8 Å². The van der Waals surface area contributed by atoms with Crippen LogP contribution in [-0.4, -0.2) is 74.9 Å². The number of nitrogens with zero attached hydrogens (tertiary/aromatic N) is 1. The van der Waals surface area contributed by atoms with Gasteiger partial charge in [0.05, 0.1) is 27.7 Å². The van der Waals surface area contributed by atoms with Gasteiger partial charge in [-0.15, -0.1) is 0 Å². The SMILES string of the molecule is CCCCCCCC/C=C/C/C=C/CCC(=O)OC(COC(=O)CCCCC/C=C/CCCCCCCCC)COP(=O)(O)OCC[N+](C)(C)C. The maximum absolute atomic E-state index is 12.6. The van der Waals surface area contributed by atoms with Crippen molar-refractivity contribution in [2.45, 2.75) is 168 Å². The van der Waals surface area contributed by atoms with E-state index in [4.69, 9.17) is 18.5 Å². The van der Waals surface area contributed by atoms with Gasteiger partial charge in [-0.25, -0.2) is 4.57 Å². The van der Waals surface area contributed by atoms with E-state index in [-0.39, 0.29) is 26.1 Å². The van der Waals surface area contributed by atoms with Crippen LogP contribution in [0.5, 0.6) is 0 Å². The Hall–Kier alpha value is -1.77. The third-order valence-corrected chi connectivity index (χ3v) is 9.39. The fourth-order valence-corrected chi connectivity index (χ4v) is 5.92. The molecule has 0 aliphatic carbocycles. The zero-order valence-electron chi connectivity index (χ0n) is 33.3. The number of likely N-dealkylation sites (N-methyl/N-ethyl adjacent to an activating group) is 1. The van der Waals surface area contributed by atoms with E-state index in [2.05, 4.69) is 38.2 Å². The summed E-state index contributed by atoms with van der Waals surface area (Å²) in [6.07, 6.45) is 36.4. The predicted molar refractivity (Wildman–Crippen MR) is 210 cm³/mol. The predicted octanol–water partition coefficient (Wildman–Crippen LogP) is 11.0. The van der Waals surface area contributed by atoms with Crippen molar-refractivity contribution in [3.8, 4) is 0 Å². The molecule has 0 amide bonds. The number of phosphoric ester groups is 1. The van der Waals surface area contributed by atoms with E-state index in [0.717, 1.165) is 38.5 Å². The molecule has 0 aliphatic rings. The molecule has 0 spiro atoms. The molecule has 2 unspecified atom stereocenters. The van der Waals surface area contributed by atoms with Gasteiger partial charge in [-0.3, -0.25) is 18.6 Å². The summed E-state index contributed by atoms with van der Waals surface area (Å²) in [5, 5.41) is 0. The van der Waals surface area contributed by atoms with Gasteiger partial charge in [0.25, 0.3) is 0 Å². The minimum Gasteiger partial charge on any atom is -0.462 e. The molecule has 0 heterocycles. The molecule has 2 atom stereocenters. The van der Waals surface area contributed by atoms with Crippen molar-refractivity contribution < 1.29 is 42.1 Å². The quantitative estimate of drug-likeness (QED) is 0.0222. The Morgan fingerprint density at radius 3 is 1.65 bits per heavy atom. The Bertz CT molecular complexity index is 975. The van der Waals surface area contributed by atoms with Gasteiger partial charge in [-0.1, -0.05) is 127 Å². The summed E-state index contributed by atoms with van der Waals surface area (Å²) in [6.45, 7) is 4.31. The standard InChI is InChI=1S/C41H76NO8P/c1-6-8-10-12-14-16-18-20-22-23-25-27-29-31-33-40(43)47-37-39(38-49-51(45,46)48-36-35-42(3,4)5)50-41(44)34-32-30-28-26-24-21-19-17-15-13-11-9-7-2/h21-24,28,30,39H,6-20,25-27,29,31-38H2,1-5H3/p+1/b23-22+,24-21+,30-28+. The van der Waals surface area contributed by atoms with Gasteiger partial charge >= 0.3 is 19.8 Å². The van der Waals surface area contributed by atoms with E-state index < -0.39 is 32.5 Å². The summed E-state index contributed by atoms with van der Waals surface area (Å²) >= 11 is 0. The third kappa shape index (κ3) is 37.8. The maximum atomic E-state index is 12.6. The number of ether oxygens (including phenoxy) is 2. The summed E-state index contributed by atoms with van der Waals surface area (Å²) < 4.78 is 34.1. The molecule has 0 radical (unpaired) electrons. The van der Waals surface area contributed by atoms with Crippen molar-refractivity contribution in [2.24, 2.45) is 0 Å². The summed E-state index contributed by atoms with van der Waals surface area (Å²) in [5.74, 6) is -0.897. The molecular weight excluding hydrogens is 665 g/mol. The van der Waals surface area contributed by atoms with Crippen molar-refractivity contribution in [1.29, 1.82) is 0 Å². The number of carbonyl (C=O) groups excluding carboxylic acids is 2. The van der Waals surface area contributed by atoms with Gasteiger partial charge in [0.2, 0.25) is 0 Å². The number of phosphoric acid groups is 1. The molecule has 9 nitrogen and oxygen atoms in total. The van der Waals surface area contributed by atoms with Gasteiger partial charge in [0.1, 0.15) is 19.8 Å². The molecule has 0 bridgehead atoms. The Morgan fingerprint density at radius 2 is 1.10 bits per heavy atom. The molecule has 0 aromatic carbocycles. The van der Waals surface area contributed by atoms with Crippen molar-refractivity contribution >= 4 is 19.8 Å². The second kappa shape index (κ2) is 34.0. The number of esters is 2. The number of carbonyl (C=O) groups is 2. The van der Waals surface area contributed by atoms with Crippen LogP contribution in [-0.2, 0) is 32.7 Å².